The Bertz CT molecular complexity index is 377. The van der Waals surface area contributed by atoms with Gasteiger partial charge < -0.3 is 5.73 Å². The third-order valence-electron chi connectivity index (χ3n) is 3.08. The lowest BCUT2D eigenvalue weighted by Gasteiger charge is -2.32. The average molecular weight is 276 g/mol. The van der Waals surface area contributed by atoms with E-state index in [4.69, 9.17) is 5.73 Å². The van der Waals surface area contributed by atoms with Crippen molar-refractivity contribution in [1.29, 1.82) is 0 Å². The van der Waals surface area contributed by atoms with E-state index >= 15 is 0 Å². The second kappa shape index (κ2) is 4.18. The monoisotopic (exact) mass is 275 g/mol. The Morgan fingerprint density at radius 1 is 1.33 bits per heavy atom. The van der Waals surface area contributed by atoms with E-state index in [1.165, 1.54) is 6.42 Å². The molecule has 1 saturated carbocycles. The van der Waals surface area contributed by atoms with Crippen molar-refractivity contribution >= 4 is 15.9 Å². The summed E-state index contributed by atoms with van der Waals surface area (Å²) in [7, 11) is 0. The van der Waals surface area contributed by atoms with E-state index in [1.54, 1.807) is 6.07 Å². The lowest BCUT2D eigenvalue weighted by molar-refractivity contribution is 0.263. The second-order valence-corrected chi connectivity index (χ2v) is 4.77. The van der Waals surface area contributed by atoms with Crippen LogP contribution in [0.4, 0.5) is 8.78 Å². The molecular formula is C11H12BrF2N. The van der Waals surface area contributed by atoms with Crippen LogP contribution in [0.15, 0.2) is 16.6 Å². The fraction of sp³-hybridized carbons (Fsp3) is 0.455. The van der Waals surface area contributed by atoms with Crippen LogP contribution in [0, 0.1) is 17.6 Å². The molecule has 1 unspecified atom stereocenters. The molecule has 0 spiro atoms. The molecule has 0 amide bonds. The number of benzene rings is 1. The van der Waals surface area contributed by atoms with E-state index in [1.807, 2.05) is 0 Å². The standard InChI is InChI=1S/C11H12BrF2N/c12-9-7(4-5-8(13)10(9)14)11(15)6-2-1-3-6/h4-6,11H,1-3,15H2. The van der Waals surface area contributed by atoms with Crippen LogP contribution in [0.2, 0.25) is 0 Å². The minimum Gasteiger partial charge on any atom is -0.324 e. The molecule has 0 heterocycles. The summed E-state index contributed by atoms with van der Waals surface area (Å²) in [5.74, 6) is -1.28. The van der Waals surface area contributed by atoms with Crippen LogP contribution in [0.25, 0.3) is 0 Å². The Labute approximate surface area is 95.8 Å². The van der Waals surface area contributed by atoms with E-state index in [-0.39, 0.29) is 10.5 Å². The Morgan fingerprint density at radius 3 is 2.53 bits per heavy atom. The molecule has 1 atom stereocenters. The number of hydrogen-bond acceptors (Lipinski definition) is 1. The van der Waals surface area contributed by atoms with Gasteiger partial charge in [0.15, 0.2) is 11.6 Å². The molecule has 82 valence electrons. The van der Waals surface area contributed by atoms with Crippen LogP contribution >= 0.6 is 15.9 Å². The van der Waals surface area contributed by atoms with Gasteiger partial charge in [-0.15, -0.1) is 0 Å². The van der Waals surface area contributed by atoms with E-state index in [9.17, 15) is 8.78 Å². The van der Waals surface area contributed by atoms with Crippen molar-refractivity contribution in [3.63, 3.8) is 0 Å². The van der Waals surface area contributed by atoms with Gasteiger partial charge in [-0.1, -0.05) is 12.5 Å². The maximum Gasteiger partial charge on any atom is 0.173 e. The smallest absolute Gasteiger partial charge is 0.173 e. The van der Waals surface area contributed by atoms with Gasteiger partial charge in [-0.05, 0) is 46.3 Å². The molecule has 0 aromatic heterocycles. The van der Waals surface area contributed by atoms with Crippen molar-refractivity contribution in [2.45, 2.75) is 25.3 Å². The van der Waals surface area contributed by atoms with Crippen LogP contribution in [-0.4, -0.2) is 0 Å². The molecule has 0 bridgehead atoms. The van der Waals surface area contributed by atoms with Crippen molar-refractivity contribution in [1.82, 2.24) is 0 Å². The van der Waals surface area contributed by atoms with Crippen LogP contribution in [0.5, 0.6) is 0 Å². The molecular weight excluding hydrogens is 264 g/mol. The zero-order chi connectivity index (χ0) is 11.0. The average Bonchev–Trinajstić information content (AvgIpc) is 2.11. The topological polar surface area (TPSA) is 26.0 Å². The summed E-state index contributed by atoms with van der Waals surface area (Å²) in [5, 5.41) is 0. The van der Waals surface area contributed by atoms with Crippen LogP contribution in [0.1, 0.15) is 30.9 Å². The normalized spacial score (nSPS) is 18.7. The minimum atomic E-state index is -0.845. The number of nitrogens with two attached hydrogens (primary N) is 1. The molecule has 1 aromatic rings. The van der Waals surface area contributed by atoms with Crippen molar-refractivity contribution in [2.24, 2.45) is 11.7 Å². The van der Waals surface area contributed by atoms with Gasteiger partial charge in [-0.2, -0.15) is 0 Å². The summed E-state index contributed by atoms with van der Waals surface area (Å²) in [6, 6.07) is 2.50. The Kier molecular flexibility index (Phi) is 3.07. The van der Waals surface area contributed by atoms with Crippen molar-refractivity contribution in [3.8, 4) is 0 Å². The van der Waals surface area contributed by atoms with Gasteiger partial charge in [0.25, 0.3) is 0 Å². The third-order valence-corrected chi connectivity index (χ3v) is 3.89. The molecule has 1 aromatic carbocycles. The van der Waals surface area contributed by atoms with Gasteiger partial charge in [0.2, 0.25) is 0 Å². The van der Waals surface area contributed by atoms with E-state index < -0.39 is 11.6 Å². The van der Waals surface area contributed by atoms with Crippen molar-refractivity contribution < 1.29 is 8.78 Å². The molecule has 0 saturated heterocycles. The Morgan fingerprint density at radius 2 is 2.00 bits per heavy atom. The zero-order valence-corrected chi connectivity index (χ0v) is 9.73. The summed E-state index contributed by atoms with van der Waals surface area (Å²) in [5.41, 5.74) is 6.67. The molecule has 15 heavy (non-hydrogen) atoms. The lowest BCUT2D eigenvalue weighted by Crippen LogP contribution is -2.27. The van der Waals surface area contributed by atoms with Crippen molar-refractivity contribution in [3.05, 3.63) is 33.8 Å². The predicted molar refractivity (Wildman–Crippen MR) is 58.3 cm³/mol. The number of rotatable bonds is 2. The van der Waals surface area contributed by atoms with Gasteiger partial charge in [-0.3, -0.25) is 0 Å². The third kappa shape index (κ3) is 1.93. The first kappa shape index (κ1) is 11.0. The molecule has 1 nitrogen and oxygen atoms in total. The maximum atomic E-state index is 13.3. The SMILES string of the molecule is NC(c1ccc(F)c(F)c1Br)C1CCC1. The predicted octanol–water partition coefficient (Wildman–Crippen LogP) is 3.53. The van der Waals surface area contributed by atoms with Gasteiger partial charge in [0.05, 0.1) is 4.47 Å². The van der Waals surface area contributed by atoms with Crippen LogP contribution in [-0.2, 0) is 0 Å². The quantitative estimate of drug-likeness (QED) is 0.822. The molecule has 0 aliphatic heterocycles. The van der Waals surface area contributed by atoms with Crippen LogP contribution in [0.3, 0.4) is 0 Å². The summed E-state index contributed by atoms with van der Waals surface area (Å²) >= 11 is 3.06. The first-order valence-electron chi connectivity index (χ1n) is 5.00. The van der Waals surface area contributed by atoms with Gasteiger partial charge in [0, 0.05) is 6.04 Å². The Balaban J connectivity index is 2.31. The largest absolute Gasteiger partial charge is 0.324 e. The van der Waals surface area contributed by atoms with E-state index in [0.29, 0.717) is 11.5 Å². The van der Waals surface area contributed by atoms with E-state index in [2.05, 4.69) is 15.9 Å². The second-order valence-electron chi connectivity index (χ2n) is 3.98. The molecule has 2 N–H and O–H groups in total. The fourth-order valence-electron chi connectivity index (χ4n) is 1.85. The van der Waals surface area contributed by atoms with Crippen molar-refractivity contribution in [2.75, 3.05) is 0 Å². The maximum absolute atomic E-state index is 13.3. The van der Waals surface area contributed by atoms with Gasteiger partial charge in [-0.25, -0.2) is 8.78 Å². The lowest BCUT2D eigenvalue weighted by atomic mass is 9.77. The summed E-state index contributed by atoms with van der Waals surface area (Å²) < 4.78 is 26.3. The number of hydrogen-bond donors (Lipinski definition) is 1. The van der Waals surface area contributed by atoms with Gasteiger partial charge in [0.1, 0.15) is 0 Å². The van der Waals surface area contributed by atoms with E-state index in [0.717, 1.165) is 18.9 Å². The highest BCUT2D eigenvalue weighted by Gasteiger charge is 2.28. The highest BCUT2D eigenvalue weighted by atomic mass is 79.9. The van der Waals surface area contributed by atoms with Crippen LogP contribution < -0.4 is 5.73 Å². The molecule has 2 rings (SSSR count). The summed E-state index contributed by atoms with van der Waals surface area (Å²) in [6.07, 6.45) is 3.33. The first-order valence-corrected chi connectivity index (χ1v) is 5.79. The first-order chi connectivity index (χ1) is 7.11. The highest BCUT2D eigenvalue weighted by Crippen LogP contribution is 2.39. The molecule has 1 aliphatic carbocycles. The summed E-state index contributed by atoms with van der Waals surface area (Å²) in [6.45, 7) is 0. The zero-order valence-electron chi connectivity index (χ0n) is 8.14. The minimum absolute atomic E-state index is 0.168. The summed E-state index contributed by atoms with van der Waals surface area (Å²) in [4.78, 5) is 0. The number of halogens is 3. The fourth-order valence-corrected chi connectivity index (χ4v) is 2.44. The molecule has 1 aliphatic rings. The Hall–Kier alpha value is -0.480. The highest BCUT2D eigenvalue weighted by molar-refractivity contribution is 9.10. The molecule has 4 heteroatoms. The molecule has 1 fully saturated rings. The van der Waals surface area contributed by atoms with Gasteiger partial charge >= 0.3 is 0 Å². The molecule has 0 radical (unpaired) electrons.